The Morgan fingerprint density at radius 1 is 0.968 bits per heavy atom. The first kappa shape index (κ1) is 22.7. The summed E-state index contributed by atoms with van der Waals surface area (Å²) in [5.41, 5.74) is 3.61. The van der Waals surface area contributed by atoms with Crippen LogP contribution in [0, 0.1) is 12.8 Å². The topological polar surface area (TPSA) is 73.5 Å². The summed E-state index contributed by atoms with van der Waals surface area (Å²) in [7, 11) is 0. The third kappa shape index (κ3) is 6.23. The summed E-state index contributed by atoms with van der Waals surface area (Å²) in [5.74, 6) is 0.346. The van der Waals surface area contributed by atoms with Crippen molar-refractivity contribution in [3.8, 4) is 0 Å². The van der Waals surface area contributed by atoms with E-state index in [9.17, 15) is 9.59 Å². The zero-order valence-electron chi connectivity index (χ0n) is 18.9. The Labute approximate surface area is 185 Å². The highest BCUT2D eigenvalue weighted by molar-refractivity contribution is 6.00. The van der Waals surface area contributed by atoms with E-state index in [4.69, 9.17) is 0 Å². The number of hydrogen-bond donors (Lipinski definition) is 3. The van der Waals surface area contributed by atoms with Crippen molar-refractivity contribution < 1.29 is 9.59 Å². The molecule has 6 nitrogen and oxygen atoms in total. The minimum absolute atomic E-state index is 0.0328. The average Bonchev–Trinajstić information content (AvgIpc) is 2.75. The SMILES string of the molecule is Cc1ccc(NC(=O)NC2CCN(c3ccccc3C(=O)N[C@H](C)C(C)C)CC2)cc1. The number of hydrogen-bond acceptors (Lipinski definition) is 3. The molecule has 0 aromatic heterocycles. The molecule has 3 amide bonds. The van der Waals surface area contributed by atoms with Crippen molar-refractivity contribution in [2.24, 2.45) is 5.92 Å². The molecule has 0 spiro atoms. The second-order valence-corrected chi connectivity index (χ2v) is 8.75. The number of anilines is 2. The quantitative estimate of drug-likeness (QED) is 0.639. The number of piperidine rings is 1. The fraction of sp³-hybridized carbons (Fsp3) is 0.440. The largest absolute Gasteiger partial charge is 0.371 e. The maximum atomic E-state index is 12.8. The molecule has 0 saturated carbocycles. The van der Waals surface area contributed by atoms with Crippen LogP contribution in [0.1, 0.15) is 49.5 Å². The summed E-state index contributed by atoms with van der Waals surface area (Å²) < 4.78 is 0. The molecular formula is C25H34N4O2. The van der Waals surface area contributed by atoms with E-state index in [1.165, 1.54) is 0 Å². The number of para-hydroxylation sites is 1. The molecule has 1 aliphatic rings. The molecule has 3 N–H and O–H groups in total. The van der Waals surface area contributed by atoms with Crippen LogP contribution in [0.15, 0.2) is 48.5 Å². The van der Waals surface area contributed by atoms with Crippen LogP contribution in [0.4, 0.5) is 16.2 Å². The third-order valence-electron chi connectivity index (χ3n) is 5.99. The van der Waals surface area contributed by atoms with Gasteiger partial charge in [-0.05, 0) is 56.9 Å². The number of aryl methyl sites for hydroxylation is 1. The lowest BCUT2D eigenvalue weighted by molar-refractivity contribution is 0.0931. The van der Waals surface area contributed by atoms with Crippen LogP contribution in [0.3, 0.4) is 0 Å². The van der Waals surface area contributed by atoms with E-state index < -0.39 is 0 Å². The van der Waals surface area contributed by atoms with Crippen molar-refractivity contribution in [1.82, 2.24) is 10.6 Å². The lowest BCUT2D eigenvalue weighted by Crippen LogP contribution is -2.46. The Morgan fingerprint density at radius 2 is 1.61 bits per heavy atom. The zero-order chi connectivity index (χ0) is 22.4. The van der Waals surface area contributed by atoms with Crippen LogP contribution in [0.25, 0.3) is 0 Å². The Morgan fingerprint density at radius 3 is 2.26 bits per heavy atom. The average molecular weight is 423 g/mol. The maximum absolute atomic E-state index is 12.8. The van der Waals surface area contributed by atoms with Crippen LogP contribution >= 0.6 is 0 Å². The predicted octanol–water partition coefficient (Wildman–Crippen LogP) is 4.56. The summed E-state index contributed by atoms with van der Waals surface area (Å²) in [5, 5.41) is 9.07. The molecule has 0 aliphatic carbocycles. The zero-order valence-corrected chi connectivity index (χ0v) is 18.9. The molecular weight excluding hydrogens is 388 g/mol. The number of amides is 3. The Hall–Kier alpha value is -3.02. The lowest BCUT2D eigenvalue weighted by Gasteiger charge is -2.35. The summed E-state index contributed by atoms with van der Waals surface area (Å²) in [6.45, 7) is 9.83. The molecule has 2 aromatic rings. The molecule has 0 radical (unpaired) electrons. The van der Waals surface area contributed by atoms with Gasteiger partial charge in [0, 0.05) is 36.5 Å². The van der Waals surface area contributed by atoms with Gasteiger partial charge in [0.1, 0.15) is 0 Å². The number of urea groups is 1. The van der Waals surface area contributed by atoms with Crippen LogP contribution in [-0.4, -0.2) is 37.1 Å². The number of nitrogens with one attached hydrogen (secondary N) is 3. The van der Waals surface area contributed by atoms with Gasteiger partial charge < -0.3 is 20.9 Å². The molecule has 2 aromatic carbocycles. The molecule has 1 aliphatic heterocycles. The standard InChI is InChI=1S/C25H34N4O2/c1-17(2)19(4)26-24(30)22-7-5-6-8-23(22)29-15-13-21(14-16-29)28-25(31)27-20-11-9-18(3)10-12-20/h5-12,17,19,21H,13-16H2,1-4H3,(H,26,30)(H2,27,28,31)/t19-/m1/s1. The van der Waals surface area contributed by atoms with E-state index >= 15 is 0 Å². The van der Waals surface area contributed by atoms with Gasteiger partial charge in [0.05, 0.1) is 5.56 Å². The van der Waals surface area contributed by atoms with Crippen molar-refractivity contribution in [1.29, 1.82) is 0 Å². The fourth-order valence-electron chi connectivity index (χ4n) is 3.65. The molecule has 6 heteroatoms. The van der Waals surface area contributed by atoms with E-state index in [0.29, 0.717) is 11.5 Å². The molecule has 31 heavy (non-hydrogen) atoms. The summed E-state index contributed by atoms with van der Waals surface area (Å²) >= 11 is 0. The van der Waals surface area contributed by atoms with Crippen molar-refractivity contribution in [3.63, 3.8) is 0 Å². The van der Waals surface area contributed by atoms with Gasteiger partial charge >= 0.3 is 6.03 Å². The first-order valence-electron chi connectivity index (χ1n) is 11.1. The lowest BCUT2D eigenvalue weighted by atomic mass is 10.0. The molecule has 1 heterocycles. The molecule has 1 atom stereocenters. The van der Waals surface area contributed by atoms with Gasteiger partial charge in [-0.3, -0.25) is 4.79 Å². The van der Waals surface area contributed by atoms with Gasteiger partial charge in [0.25, 0.3) is 5.91 Å². The Kier molecular flexibility index (Phi) is 7.55. The molecule has 0 bridgehead atoms. The molecule has 3 rings (SSSR count). The highest BCUT2D eigenvalue weighted by Crippen LogP contribution is 2.25. The maximum Gasteiger partial charge on any atom is 0.319 e. The number of rotatable bonds is 6. The van der Waals surface area contributed by atoms with Gasteiger partial charge in [0.2, 0.25) is 0 Å². The van der Waals surface area contributed by atoms with E-state index in [-0.39, 0.29) is 24.0 Å². The monoisotopic (exact) mass is 422 g/mol. The van der Waals surface area contributed by atoms with Gasteiger partial charge in [-0.2, -0.15) is 0 Å². The highest BCUT2D eigenvalue weighted by atomic mass is 16.2. The van der Waals surface area contributed by atoms with E-state index in [2.05, 4.69) is 34.7 Å². The second-order valence-electron chi connectivity index (χ2n) is 8.75. The summed E-state index contributed by atoms with van der Waals surface area (Å²) in [6.07, 6.45) is 1.67. The van der Waals surface area contributed by atoms with Crippen LogP contribution in [0.2, 0.25) is 0 Å². The van der Waals surface area contributed by atoms with Crippen molar-refractivity contribution in [2.75, 3.05) is 23.3 Å². The number of carbonyl (C=O) groups excluding carboxylic acids is 2. The van der Waals surface area contributed by atoms with Crippen molar-refractivity contribution >= 4 is 23.3 Å². The third-order valence-corrected chi connectivity index (χ3v) is 5.99. The van der Waals surface area contributed by atoms with Gasteiger partial charge in [-0.1, -0.05) is 43.7 Å². The first-order valence-corrected chi connectivity index (χ1v) is 11.1. The Bertz CT molecular complexity index is 887. The van der Waals surface area contributed by atoms with Crippen molar-refractivity contribution in [3.05, 3.63) is 59.7 Å². The molecule has 1 fully saturated rings. The molecule has 166 valence electrons. The normalized spacial score (nSPS) is 15.5. The van der Waals surface area contributed by atoms with E-state index in [0.717, 1.165) is 42.9 Å². The van der Waals surface area contributed by atoms with Crippen molar-refractivity contribution in [2.45, 2.75) is 52.6 Å². The summed E-state index contributed by atoms with van der Waals surface area (Å²) in [4.78, 5) is 27.4. The van der Waals surface area contributed by atoms with Crippen LogP contribution in [-0.2, 0) is 0 Å². The first-order chi connectivity index (χ1) is 14.8. The Balaban J connectivity index is 1.55. The highest BCUT2D eigenvalue weighted by Gasteiger charge is 2.24. The van der Waals surface area contributed by atoms with Gasteiger partial charge in [-0.15, -0.1) is 0 Å². The summed E-state index contributed by atoms with van der Waals surface area (Å²) in [6, 6.07) is 15.6. The van der Waals surface area contributed by atoms with Crippen LogP contribution in [0.5, 0.6) is 0 Å². The van der Waals surface area contributed by atoms with Gasteiger partial charge in [0.15, 0.2) is 0 Å². The molecule has 0 unspecified atom stereocenters. The second kappa shape index (κ2) is 10.3. The predicted molar refractivity (Wildman–Crippen MR) is 127 cm³/mol. The number of carbonyl (C=O) groups is 2. The smallest absolute Gasteiger partial charge is 0.319 e. The minimum Gasteiger partial charge on any atom is -0.371 e. The van der Waals surface area contributed by atoms with E-state index in [1.807, 2.05) is 62.4 Å². The minimum atomic E-state index is -0.176. The number of benzene rings is 2. The molecule has 1 saturated heterocycles. The van der Waals surface area contributed by atoms with Gasteiger partial charge in [-0.25, -0.2) is 4.79 Å². The van der Waals surface area contributed by atoms with Crippen LogP contribution < -0.4 is 20.9 Å². The fourth-order valence-corrected chi connectivity index (χ4v) is 3.65. The van der Waals surface area contributed by atoms with E-state index in [1.54, 1.807) is 0 Å². The number of nitrogens with zero attached hydrogens (tertiary/aromatic N) is 1.